The van der Waals surface area contributed by atoms with Crippen molar-refractivity contribution in [1.29, 1.82) is 5.26 Å². The monoisotopic (exact) mass is 328 g/mol. The van der Waals surface area contributed by atoms with Gasteiger partial charge in [0.2, 0.25) is 0 Å². The Kier molecular flexibility index (Phi) is 5.29. The van der Waals surface area contributed by atoms with Crippen molar-refractivity contribution in [3.63, 3.8) is 0 Å². The van der Waals surface area contributed by atoms with E-state index in [1.165, 1.54) is 4.90 Å². The molecule has 1 aliphatic rings. The van der Waals surface area contributed by atoms with Crippen LogP contribution < -0.4 is 0 Å². The van der Waals surface area contributed by atoms with Crippen LogP contribution in [0.5, 0.6) is 0 Å². The van der Waals surface area contributed by atoms with E-state index in [4.69, 9.17) is 33.2 Å². The fourth-order valence-electron chi connectivity index (χ4n) is 2.40. The Morgan fingerprint density at radius 3 is 2.86 bits per heavy atom. The normalized spacial score (nSPS) is 22.4. The number of halogens is 2. The summed E-state index contributed by atoms with van der Waals surface area (Å²) in [5.74, 6) is -0.252. The minimum absolute atomic E-state index is 0.193. The number of rotatable bonds is 2. The Labute approximate surface area is 132 Å². The maximum Gasteiger partial charge on any atom is 0.407 e. The average molecular weight is 329 g/mol. The van der Waals surface area contributed by atoms with Crippen LogP contribution in [0.15, 0.2) is 18.2 Å². The van der Waals surface area contributed by atoms with Gasteiger partial charge in [0.05, 0.1) is 35.2 Å². The van der Waals surface area contributed by atoms with Crippen LogP contribution in [0.4, 0.5) is 4.79 Å². The van der Waals surface area contributed by atoms with E-state index in [2.05, 4.69) is 6.07 Å². The first-order chi connectivity index (χ1) is 10.0. The lowest BCUT2D eigenvalue weighted by molar-refractivity contribution is 0.0544. The smallest absolute Gasteiger partial charge is 0.407 e. The topological polar surface area (TPSA) is 73.6 Å². The highest BCUT2D eigenvalue weighted by atomic mass is 35.5. The lowest BCUT2D eigenvalue weighted by Gasteiger charge is -2.25. The molecule has 0 aliphatic carbocycles. The van der Waals surface area contributed by atoms with Gasteiger partial charge in [-0.05, 0) is 17.7 Å². The number of carboxylic acid groups (broad SMARTS) is 1. The third kappa shape index (κ3) is 3.79. The van der Waals surface area contributed by atoms with Gasteiger partial charge in [-0.1, -0.05) is 29.3 Å². The molecule has 1 N–H and O–H groups in total. The molecule has 2 unspecified atom stereocenters. The highest BCUT2D eigenvalue weighted by Gasteiger charge is 2.31. The van der Waals surface area contributed by atoms with E-state index in [0.717, 1.165) is 5.56 Å². The summed E-state index contributed by atoms with van der Waals surface area (Å²) in [5.41, 5.74) is 0.817. The molecule has 112 valence electrons. The van der Waals surface area contributed by atoms with Gasteiger partial charge in [0.1, 0.15) is 0 Å². The van der Waals surface area contributed by atoms with Crippen molar-refractivity contribution >= 4 is 29.3 Å². The van der Waals surface area contributed by atoms with E-state index in [0.29, 0.717) is 10.0 Å². The molecular formula is C14H14Cl2N2O3. The number of ether oxygens (including phenoxy) is 1. The van der Waals surface area contributed by atoms with Crippen molar-refractivity contribution in [3.8, 4) is 6.07 Å². The summed E-state index contributed by atoms with van der Waals surface area (Å²) in [6.07, 6.45) is -1.17. The fourth-order valence-corrected chi connectivity index (χ4v) is 2.71. The molecule has 1 saturated heterocycles. The molecule has 2 rings (SSSR count). The van der Waals surface area contributed by atoms with Crippen molar-refractivity contribution in [2.75, 3.05) is 19.7 Å². The predicted molar refractivity (Wildman–Crippen MR) is 78.8 cm³/mol. The van der Waals surface area contributed by atoms with E-state index in [-0.39, 0.29) is 38.1 Å². The van der Waals surface area contributed by atoms with Crippen molar-refractivity contribution in [3.05, 3.63) is 33.8 Å². The molecule has 0 radical (unpaired) electrons. The third-order valence-electron chi connectivity index (χ3n) is 3.49. The van der Waals surface area contributed by atoms with E-state index >= 15 is 0 Å². The molecule has 2 atom stereocenters. The molecule has 1 aliphatic heterocycles. The summed E-state index contributed by atoms with van der Waals surface area (Å²) in [7, 11) is 0. The molecule has 0 aromatic heterocycles. The predicted octanol–water partition coefficient (Wildman–Crippen LogP) is 3.37. The number of nitrogens with zero attached hydrogens (tertiary/aromatic N) is 2. The van der Waals surface area contributed by atoms with Crippen molar-refractivity contribution < 1.29 is 14.6 Å². The summed E-state index contributed by atoms with van der Waals surface area (Å²) in [4.78, 5) is 12.5. The summed E-state index contributed by atoms with van der Waals surface area (Å²) in [5, 5.41) is 19.0. The molecule has 5 nitrogen and oxygen atoms in total. The van der Waals surface area contributed by atoms with Crippen LogP contribution in [0.3, 0.4) is 0 Å². The molecule has 7 heteroatoms. The number of amides is 1. The van der Waals surface area contributed by atoms with Crippen LogP contribution in [0.1, 0.15) is 17.9 Å². The van der Waals surface area contributed by atoms with Gasteiger partial charge in [-0.25, -0.2) is 4.79 Å². The van der Waals surface area contributed by atoms with Crippen LogP contribution >= 0.6 is 23.2 Å². The van der Waals surface area contributed by atoms with Gasteiger partial charge in [-0.15, -0.1) is 0 Å². The largest absolute Gasteiger partial charge is 0.465 e. The van der Waals surface area contributed by atoms with Gasteiger partial charge in [0, 0.05) is 19.0 Å². The van der Waals surface area contributed by atoms with Gasteiger partial charge in [-0.2, -0.15) is 5.26 Å². The minimum Gasteiger partial charge on any atom is -0.465 e. The minimum atomic E-state index is -0.999. The first-order valence-electron chi connectivity index (χ1n) is 6.44. The van der Waals surface area contributed by atoms with Crippen LogP contribution in [0, 0.1) is 11.3 Å². The Hall–Kier alpha value is -1.48. The number of hydrogen-bond acceptors (Lipinski definition) is 3. The van der Waals surface area contributed by atoms with Gasteiger partial charge >= 0.3 is 6.09 Å². The van der Waals surface area contributed by atoms with Crippen molar-refractivity contribution in [2.24, 2.45) is 0 Å². The van der Waals surface area contributed by atoms with E-state index < -0.39 is 6.09 Å². The summed E-state index contributed by atoms with van der Waals surface area (Å²) < 4.78 is 5.66. The van der Waals surface area contributed by atoms with E-state index in [1.807, 2.05) is 0 Å². The Balaban J connectivity index is 2.33. The second kappa shape index (κ2) is 6.99. The van der Waals surface area contributed by atoms with Gasteiger partial charge in [0.15, 0.2) is 0 Å². The molecular weight excluding hydrogens is 315 g/mol. The average Bonchev–Trinajstić information content (AvgIpc) is 2.65. The quantitative estimate of drug-likeness (QED) is 0.903. The molecule has 0 spiro atoms. The lowest BCUT2D eigenvalue weighted by atomic mass is 9.91. The third-order valence-corrected chi connectivity index (χ3v) is 4.23. The van der Waals surface area contributed by atoms with Gasteiger partial charge in [-0.3, -0.25) is 0 Å². The second-order valence-electron chi connectivity index (χ2n) is 4.78. The molecule has 0 bridgehead atoms. The zero-order chi connectivity index (χ0) is 15.4. The molecule has 1 aromatic carbocycles. The summed E-state index contributed by atoms with van der Waals surface area (Å²) >= 11 is 11.9. The molecule has 1 amide bonds. The Bertz CT molecular complexity index is 574. The fraction of sp³-hybridized carbons (Fsp3) is 0.429. The second-order valence-corrected chi connectivity index (χ2v) is 5.59. The zero-order valence-electron chi connectivity index (χ0n) is 11.1. The maximum atomic E-state index is 11.2. The van der Waals surface area contributed by atoms with E-state index in [1.54, 1.807) is 18.2 Å². The highest BCUT2D eigenvalue weighted by Crippen LogP contribution is 2.32. The van der Waals surface area contributed by atoms with Crippen LogP contribution in [0.25, 0.3) is 0 Å². The molecule has 1 aromatic rings. The van der Waals surface area contributed by atoms with Gasteiger partial charge in [0.25, 0.3) is 0 Å². The van der Waals surface area contributed by atoms with Crippen molar-refractivity contribution in [2.45, 2.75) is 18.4 Å². The Morgan fingerprint density at radius 2 is 2.24 bits per heavy atom. The summed E-state index contributed by atoms with van der Waals surface area (Å²) in [6.45, 7) is 0.825. The molecule has 1 fully saturated rings. The first kappa shape index (κ1) is 15.9. The number of nitriles is 1. The first-order valence-corrected chi connectivity index (χ1v) is 7.20. The van der Waals surface area contributed by atoms with E-state index in [9.17, 15) is 9.90 Å². The number of carbonyl (C=O) groups is 1. The number of hydrogen-bond donors (Lipinski definition) is 1. The van der Waals surface area contributed by atoms with Crippen LogP contribution in [0.2, 0.25) is 10.0 Å². The highest BCUT2D eigenvalue weighted by molar-refractivity contribution is 6.42. The zero-order valence-corrected chi connectivity index (χ0v) is 12.6. The van der Waals surface area contributed by atoms with Gasteiger partial charge < -0.3 is 14.7 Å². The molecule has 21 heavy (non-hydrogen) atoms. The van der Waals surface area contributed by atoms with Crippen LogP contribution in [-0.4, -0.2) is 41.9 Å². The van der Waals surface area contributed by atoms with Crippen molar-refractivity contribution in [1.82, 2.24) is 4.90 Å². The molecule has 1 heterocycles. The molecule has 0 saturated carbocycles. The number of benzene rings is 1. The van der Waals surface area contributed by atoms with Crippen LogP contribution in [-0.2, 0) is 4.74 Å². The maximum absolute atomic E-state index is 11.2. The standard InChI is InChI=1S/C14H14Cl2N2O3/c15-11-2-1-9(7-12(11)16)10-8-18(14(19)20)5-6-21-13(10)3-4-17/h1-2,7,10,13H,3,5-6,8H2,(H,19,20). The Morgan fingerprint density at radius 1 is 1.48 bits per heavy atom. The lowest BCUT2D eigenvalue weighted by Crippen LogP contribution is -2.35. The summed E-state index contributed by atoms with van der Waals surface area (Å²) in [6, 6.07) is 7.24. The SMILES string of the molecule is N#CCC1OCCN(C(=O)O)CC1c1ccc(Cl)c(Cl)c1.